The number of carbonyl (C=O) groups is 1. The van der Waals surface area contributed by atoms with E-state index in [1.807, 2.05) is 60.7 Å². The molecule has 3 nitrogen and oxygen atoms in total. The van der Waals surface area contributed by atoms with Gasteiger partial charge in [-0.2, -0.15) is 0 Å². The normalized spacial score (nSPS) is 16.8. The fourth-order valence-corrected chi connectivity index (χ4v) is 4.16. The van der Waals surface area contributed by atoms with Crippen molar-refractivity contribution in [3.05, 3.63) is 108 Å². The van der Waals surface area contributed by atoms with E-state index in [1.54, 1.807) is 0 Å². The van der Waals surface area contributed by atoms with E-state index in [0.717, 1.165) is 43.6 Å². The third-order valence-corrected chi connectivity index (χ3v) is 5.71. The highest BCUT2D eigenvalue weighted by Gasteiger charge is 2.28. The Hall–Kier alpha value is -2.91. The van der Waals surface area contributed by atoms with Crippen LogP contribution in [0.15, 0.2) is 91.0 Å². The van der Waals surface area contributed by atoms with E-state index < -0.39 is 0 Å². The highest BCUT2D eigenvalue weighted by Crippen LogP contribution is 2.25. The molecule has 1 atom stereocenters. The summed E-state index contributed by atoms with van der Waals surface area (Å²) in [4.78, 5) is 15.7. The van der Waals surface area contributed by atoms with Crippen LogP contribution in [-0.4, -0.2) is 36.5 Å². The molecule has 1 heterocycles. The Morgan fingerprint density at radius 1 is 0.862 bits per heavy atom. The summed E-state index contributed by atoms with van der Waals surface area (Å²) in [6.45, 7) is 3.01. The number of rotatable bonds is 7. The molecular weight excluding hydrogens is 356 g/mol. The third-order valence-electron chi connectivity index (χ3n) is 5.71. The van der Waals surface area contributed by atoms with Gasteiger partial charge < -0.3 is 10.2 Å². The van der Waals surface area contributed by atoms with Gasteiger partial charge in [0.25, 0.3) is 0 Å². The standard InChI is InChI=1S/C26H28N2O/c29-26(25(22-12-6-2-7-13-22)23-14-8-3-9-15-23)27-24-17-19-28(20-24)18-16-21-10-4-1-5-11-21/h1-15,24-25H,16-20H2,(H,27,29). The van der Waals surface area contributed by atoms with Crippen LogP contribution in [0.25, 0.3) is 0 Å². The highest BCUT2D eigenvalue weighted by atomic mass is 16.2. The molecule has 0 bridgehead atoms. The second-order valence-corrected chi connectivity index (χ2v) is 7.78. The Morgan fingerprint density at radius 2 is 1.41 bits per heavy atom. The number of amides is 1. The maximum absolute atomic E-state index is 13.3. The van der Waals surface area contributed by atoms with Crippen LogP contribution in [0.5, 0.6) is 0 Å². The van der Waals surface area contributed by atoms with Crippen LogP contribution in [-0.2, 0) is 11.2 Å². The number of hydrogen-bond donors (Lipinski definition) is 1. The largest absolute Gasteiger partial charge is 0.351 e. The van der Waals surface area contributed by atoms with Gasteiger partial charge in [0.1, 0.15) is 0 Å². The maximum atomic E-state index is 13.3. The van der Waals surface area contributed by atoms with Crippen LogP contribution in [0.2, 0.25) is 0 Å². The number of carbonyl (C=O) groups excluding carboxylic acids is 1. The van der Waals surface area contributed by atoms with Crippen molar-refractivity contribution in [3.63, 3.8) is 0 Å². The number of nitrogens with zero attached hydrogens (tertiary/aromatic N) is 1. The number of nitrogens with one attached hydrogen (secondary N) is 1. The molecule has 1 saturated heterocycles. The lowest BCUT2D eigenvalue weighted by Gasteiger charge is -2.21. The second-order valence-electron chi connectivity index (χ2n) is 7.78. The summed E-state index contributed by atoms with van der Waals surface area (Å²) in [5.41, 5.74) is 3.44. The summed E-state index contributed by atoms with van der Waals surface area (Å²) in [5.74, 6) is -0.173. The van der Waals surface area contributed by atoms with E-state index >= 15 is 0 Å². The fourth-order valence-electron chi connectivity index (χ4n) is 4.16. The average molecular weight is 385 g/mol. The molecule has 1 fully saturated rings. The zero-order chi connectivity index (χ0) is 19.9. The Labute approximate surface area is 173 Å². The Morgan fingerprint density at radius 3 is 2.00 bits per heavy atom. The van der Waals surface area contributed by atoms with E-state index in [4.69, 9.17) is 0 Å². The molecule has 3 heteroatoms. The van der Waals surface area contributed by atoms with Crippen LogP contribution in [0.3, 0.4) is 0 Å². The van der Waals surface area contributed by atoms with Crippen molar-refractivity contribution in [2.24, 2.45) is 0 Å². The van der Waals surface area contributed by atoms with E-state index in [9.17, 15) is 4.79 Å². The number of likely N-dealkylation sites (tertiary alicyclic amines) is 1. The van der Waals surface area contributed by atoms with E-state index in [2.05, 4.69) is 40.5 Å². The fraction of sp³-hybridized carbons (Fsp3) is 0.269. The van der Waals surface area contributed by atoms with Crippen molar-refractivity contribution in [1.29, 1.82) is 0 Å². The first-order valence-electron chi connectivity index (χ1n) is 10.5. The van der Waals surface area contributed by atoms with Gasteiger partial charge in [0.15, 0.2) is 0 Å². The van der Waals surface area contributed by atoms with Gasteiger partial charge in [0.05, 0.1) is 5.92 Å². The number of benzene rings is 3. The maximum Gasteiger partial charge on any atom is 0.232 e. The summed E-state index contributed by atoms with van der Waals surface area (Å²) in [5, 5.41) is 3.32. The van der Waals surface area contributed by atoms with Gasteiger partial charge in [-0.3, -0.25) is 4.79 Å². The predicted octanol–water partition coefficient (Wildman–Crippen LogP) is 4.25. The van der Waals surface area contributed by atoms with Crippen molar-refractivity contribution in [2.45, 2.75) is 24.8 Å². The SMILES string of the molecule is O=C(NC1CCN(CCc2ccccc2)C1)C(c1ccccc1)c1ccccc1. The van der Waals surface area contributed by atoms with Crippen LogP contribution in [0.1, 0.15) is 29.0 Å². The molecule has 1 unspecified atom stereocenters. The minimum atomic E-state index is -0.268. The molecule has 1 amide bonds. The molecule has 0 spiro atoms. The lowest BCUT2D eigenvalue weighted by Crippen LogP contribution is -2.40. The topological polar surface area (TPSA) is 32.3 Å². The quantitative estimate of drug-likeness (QED) is 0.660. The summed E-state index contributed by atoms with van der Waals surface area (Å²) < 4.78 is 0. The molecule has 0 aromatic heterocycles. The molecule has 1 N–H and O–H groups in total. The summed E-state index contributed by atoms with van der Waals surface area (Å²) in [7, 11) is 0. The van der Waals surface area contributed by atoms with Crippen molar-refractivity contribution in [1.82, 2.24) is 10.2 Å². The molecule has 3 aromatic carbocycles. The van der Waals surface area contributed by atoms with Crippen molar-refractivity contribution in [2.75, 3.05) is 19.6 Å². The molecule has 4 rings (SSSR count). The van der Waals surface area contributed by atoms with Gasteiger partial charge in [-0.15, -0.1) is 0 Å². The Balaban J connectivity index is 1.38. The molecule has 148 valence electrons. The summed E-state index contributed by atoms with van der Waals surface area (Å²) >= 11 is 0. The first-order chi connectivity index (χ1) is 14.3. The Bertz CT molecular complexity index is 856. The van der Waals surface area contributed by atoms with Gasteiger partial charge >= 0.3 is 0 Å². The van der Waals surface area contributed by atoms with E-state index in [0.29, 0.717) is 0 Å². The smallest absolute Gasteiger partial charge is 0.232 e. The predicted molar refractivity (Wildman–Crippen MR) is 118 cm³/mol. The first kappa shape index (κ1) is 19.4. The average Bonchev–Trinajstić information content (AvgIpc) is 3.22. The molecule has 0 radical (unpaired) electrons. The van der Waals surface area contributed by atoms with Gasteiger partial charge in [-0.05, 0) is 29.5 Å². The van der Waals surface area contributed by atoms with Crippen LogP contribution >= 0.6 is 0 Å². The second kappa shape index (κ2) is 9.53. The zero-order valence-corrected chi connectivity index (χ0v) is 16.7. The number of hydrogen-bond acceptors (Lipinski definition) is 2. The molecule has 0 saturated carbocycles. The Kier molecular flexibility index (Phi) is 6.38. The zero-order valence-electron chi connectivity index (χ0n) is 16.7. The summed E-state index contributed by atoms with van der Waals surface area (Å²) in [6.07, 6.45) is 2.06. The van der Waals surface area contributed by atoms with Crippen molar-refractivity contribution >= 4 is 5.91 Å². The van der Waals surface area contributed by atoms with Gasteiger partial charge in [0, 0.05) is 25.7 Å². The van der Waals surface area contributed by atoms with Gasteiger partial charge in [0.2, 0.25) is 5.91 Å². The summed E-state index contributed by atoms with van der Waals surface area (Å²) in [6, 6.07) is 31.0. The molecule has 0 aliphatic carbocycles. The minimum absolute atomic E-state index is 0.0947. The van der Waals surface area contributed by atoms with Crippen LogP contribution in [0, 0.1) is 0 Å². The molecule has 1 aliphatic heterocycles. The molecular formula is C26H28N2O. The van der Waals surface area contributed by atoms with Gasteiger partial charge in [-0.25, -0.2) is 0 Å². The monoisotopic (exact) mass is 384 g/mol. The highest BCUT2D eigenvalue weighted by molar-refractivity contribution is 5.87. The van der Waals surface area contributed by atoms with Crippen LogP contribution < -0.4 is 5.32 Å². The molecule has 1 aliphatic rings. The lowest BCUT2D eigenvalue weighted by atomic mass is 9.90. The third kappa shape index (κ3) is 5.12. The molecule has 29 heavy (non-hydrogen) atoms. The molecule has 3 aromatic rings. The van der Waals surface area contributed by atoms with Crippen LogP contribution in [0.4, 0.5) is 0 Å². The van der Waals surface area contributed by atoms with Crippen molar-refractivity contribution in [3.8, 4) is 0 Å². The minimum Gasteiger partial charge on any atom is -0.351 e. The van der Waals surface area contributed by atoms with E-state index in [-0.39, 0.29) is 17.9 Å². The van der Waals surface area contributed by atoms with E-state index in [1.165, 1.54) is 5.56 Å². The first-order valence-corrected chi connectivity index (χ1v) is 10.5. The van der Waals surface area contributed by atoms with Crippen molar-refractivity contribution < 1.29 is 4.79 Å². The van der Waals surface area contributed by atoms with Gasteiger partial charge in [-0.1, -0.05) is 91.0 Å². The lowest BCUT2D eigenvalue weighted by molar-refractivity contribution is -0.122.